The van der Waals surface area contributed by atoms with Gasteiger partial charge in [-0.25, -0.2) is 9.59 Å². The topological polar surface area (TPSA) is 107 Å². The van der Waals surface area contributed by atoms with Gasteiger partial charge in [0.2, 0.25) is 0 Å². The first-order chi connectivity index (χ1) is 7.48. The van der Waals surface area contributed by atoms with Crippen LogP contribution in [0.3, 0.4) is 0 Å². The molecule has 0 aromatic rings. The van der Waals surface area contributed by atoms with Gasteiger partial charge in [-0.3, -0.25) is 4.55 Å². The first kappa shape index (κ1) is 15.7. The van der Waals surface area contributed by atoms with Crippen molar-refractivity contribution >= 4 is 22.1 Å². The third kappa shape index (κ3) is 4.61. The van der Waals surface area contributed by atoms with E-state index >= 15 is 0 Å². The normalized spacial score (nSPS) is 12.4. The van der Waals surface area contributed by atoms with E-state index in [4.69, 9.17) is 4.55 Å². The Bertz CT molecular complexity index is 400. The molecule has 0 aliphatic heterocycles. The molecule has 10 heteroatoms. The number of carbonyl (C=O) groups is 2. The highest BCUT2D eigenvalue weighted by atomic mass is 32.2. The average Bonchev–Trinajstić information content (AvgIpc) is 2.10. The van der Waals surface area contributed by atoms with Crippen LogP contribution in [0.4, 0.5) is 8.78 Å². The van der Waals surface area contributed by atoms with Crippen molar-refractivity contribution in [2.45, 2.75) is 25.2 Å². The van der Waals surface area contributed by atoms with Gasteiger partial charge in [0.05, 0.1) is 6.10 Å². The van der Waals surface area contributed by atoms with Gasteiger partial charge in [0.25, 0.3) is 0 Å². The molecular weight excluding hydrogens is 266 g/mol. The first-order valence-electron chi connectivity index (χ1n) is 4.20. The van der Waals surface area contributed by atoms with Crippen LogP contribution in [0.25, 0.3) is 0 Å². The summed E-state index contributed by atoms with van der Waals surface area (Å²) in [7, 11) is -5.93. The number of hydrogen-bond donors (Lipinski definition) is 1. The molecule has 100 valence electrons. The van der Waals surface area contributed by atoms with Crippen LogP contribution in [0, 0.1) is 0 Å². The van der Waals surface area contributed by atoms with Crippen LogP contribution in [0.15, 0.2) is 0 Å². The Hall–Kier alpha value is -1.29. The van der Waals surface area contributed by atoms with Crippen LogP contribution in [-0.4, -0.2) is 42.9 Å². The lowest BCUT2D eigenvalue weighted by Crippen LogP contribution is -2.39. The van der Waals surface area contributed by atoms with E-state index in [0.717, 1.165) is 0 Å². The zero-order valence-corrected chi connectivity index (χ0v) is 9.66. The summed E-state index contributed by atoms with van der Waals surface area (Å²) in [6.45, 7) is 1.75. The van der Waals surface area contributed by atoms with Crippen molar-refractivity contribution in [3.05, 3.63) is 0 Å². The number of alkyl halides is 2. The quantitative estimate of drug-likeness (QED) is 0.554. The van der Waals surface area contributed by atoms with Gasteiger partial charge in [-0.1, -0.05) is 0 Å². The molecule has 0 aromatic heterocycles. The summed E-state index contributed by atoms with van der Waals surface area (Å²) in [5, 5.41) is -5.12. The zero-order chi connectivity index (χ0) is 13.9. The molecule has 0 aromatic carbocycles. The Morgan fingerprint density at radius 3 is 2.18 bits per heavy atom. The fourth-order valence-electron chi connectivity index (χ4n) is 0.611. The molecule has 17 heavy (non-hydrogen) atoms. The minimum atomic E-state index is -5.93. The standard InChI is InChI=1S/C7H10F2O7S/c1-4(2)16-5(10)3-15-6(11)7(8,9)17(12,13)14/h4H,3H2,1-2H3,(H,12,13,14). The second kappa shape index (κ2) is 5.36. The van der Waals surface area contributed by atoms with Crippen molar-refractivity contribution in [1.82, 2.24) is 0 Å². The van der Waals surface area contributed by atoms with Gasteiger partial charge in [-0.05, 0) is 13.8 Å². The second-order valence-corrected chi connectivity index (χ2v) is 4.57. The molecule has 0 aliphatic rings. The first-order valence-corrected chi connectivity index (χ1v) is 5.64. The summed E-state index contributed by atoms with van der Waals surface area (Å²) in [5.41, 5.74) is 0. The van der Waals surface area contributed by atoms with Crippen molar-refractivity contribution in [2.75, 3.05) is 6.61 Å². The van der Waals surface area contributed by atoms with Crippen LogP contribution in [0.1, 0.15) is 13.8 Å². The highest BCUT2D eigenvalue weighted by Gasteiger charge is 2.54. The fourth-order valence-corrected chi connectivity index (χ4v) is 0.880. The molecule has 0 amide bonds. The molecule has 1 N–H and O–H groups in total. The number of halogens is 2. The SMILES string of the molecule is CC(C)OC(=O)COC(=O)C(F)(F)S(=O)(=O)O. The van der Waals surface area contributed by atoms with Gasteiger partial charge in [-0.15, -0.1) is 0 Å². The Kier molecular flexibility index (Phi) is 4.95. The number of rotatable bonds is 5. The van der Waals surface area contributed by atoms with E-state index in [-0.39, 0.29) is 0 Å². The van der Waals surface area contributed by atoms with Gasteiger partial charge in [0.15, 0.2) is 6.61 Å². The maximum Gasteiger partial charge on any atom is 0.465 e. The number of carbonyl (C=O) groups excluding carboxylic acids is 2. The molecule has 7 nitrogen and oxygen atoms in total. The molecule has 0 heterocycles. The summed E-state index contributed by atoms with van der Waals surface area (Å²) < 4.78 is 61.5. The van der Waals surface area contributed by atoms with Gasteiger partial charge >= 0.3 is 27.3 Å². The van der Waals surface area contributed by atoms with Gasteiger partial charge in [-0.2, -0.15) is 17.2 Å². The summed E-state index contributed by atoms with van der Waals surface area (Å²) >= 11 is 0. The zero-order valence-electron chi connectivity index (χ0n) is 8.85. The Morgan fingerprint density at radius 2 is 1.82 bits per heavy atom. The predicted molar refractivity (Wildman–Crippen MR) is 48.7 cm³/mol. The number of ether oxygens (including phenoxy) is 2. The van der Waals surface area contributed by atoms with Gasteiger partial charge in [0.1, 0.15) is 0 Å². The van der Waals surface area contributed by atoms with Crippen LogP contribution in [0.2, 0.25) is 0 Å². The Labute approximate surface area is 95.4 Å². The lowest BCUT2D eigenvalue weighted by molar-refractivity contribution is -0.170. The van der Waals surface area contributed by atoms with E-state index < -0.39 is 40.0 Å². The minimum absolute atomic E-state index is 0.553. The third-order valence-electron chi connectivity index (χ3n) is 1.25. The third-order valence-corrected chi connectivity index (χ3v) is 2.06. The van der Waals surface area contributed by atoms with E-state index in [1.165, 1.54) is 13.8 Å². The minimum Gasteiger partial charge on any atom is -0.460 e. The molecule has 0 fully saturated rings. The number of esters is 2. The highest BCUT2D eigenvalue weighted by molar-refractivity contribution is 7.87. The van der Waals surface area contributed by atoms with Crippen LogP contribution >= 0.6 is 0 Å². The largest absolute Gasteiger partial charge is 0.465 e. The van der Waals surface area contributed by atoms with E-state index in [2.05, 4.69) is 9.47 Å². The van der Waals surface area contributed by atoms with Crippen molar-refractivity contribution in [3.63, 3.8) is 0 Å². The summed E-state index contributed by atoms with van der Waals surface area (Å²) in [4.78, 5) is 21.4. The fraction of sp³-hybridized carbons (Fsp3) is 0.714. The molecule has 0 atom stereocenters. The molecule has 0 radical (unpaired) electrons. The maximum absolute atomic E-state index is 12.6. The maximum atomic E-state index is 12.6. The van der Waals surface area contributed by atoms with E-state index in [0.29, 0.717) is 0 Å². The molecule has 0 aliphatic carbocycles. The Balaban J connectivity index is 4.44. The van der Waals surface area contributed by atoms with Crippen molar-refractivity contribution in [3.8, 4) is 0 Å². The molecular formula is C7H10F2O7S. The van der Waals surface area contributed by atoms with Crippen molar-refractivity contribution < 1.29 is 40.8 Å². The van der Waals surface area contributed by atoms with Crippen LogP contribution in [0.5, 0.6) is 0 Å². The van der Waals surface area contributed by atoms with Crippen LogP contribution in [-0.2, 0) is 29.2 Å². The van der Waals surface area contributed by atoms with Gasteiger partial charge in [0, 0.05) is 0 Å². The molecule has 0 saturated heterocycles. The van der Waals surface area contributed by atoms with E-state index in [9.17, 15) is 26.8 Å². The monoisotopic (exact) mass is 276 g/mol. The van der Waals surface area contributed by atoms with E-state index in [1.807, 2.05) is 0 Å². The van der Waals surface area contributed by atoms with Gasteiger partial charge < -0.3 is 9.47 Å². The summed E-state index contributed by atoms with van der Waals surface area (Å²) in [6.07, 6.45) is -0.553. The van der Waals surface area contributed by atoms with E-state index in [1.54, 1.807) is 0 Å². The highest BCUT2D eigenvalue weighted by Crippen LogP contribution is 2.21. The van der Waals surface area contributed by atoms with Crippen LogP contribution < -0.4 is 0 Å². The lowest BCUT2D eigenvalue weighted by Gasteiger charge is -2.12. The lowest BCUT2D eigenvalue weighted by atomic mass is 10.5. The van der Waals surface area contributed by atoms with Crippen molar-refractivity contribution in [2.24, 2.45) is 0 Å². The second-order valence-electron chi connectivity index (χ2n) is 3.11. The van der Waals surface area contributed by atoms with Crippen molar-refractivity contribution in [1.29, 1.82) is 0 Å². The average molecular weight is 276 g/mol. The molecule has 0 bridgehead atoms. The number of hydrogen-bond acceptors (Lipinski definition) is 6. The molecule has 0 rings (SSSR count). The summed E-state index contributed by atoms with van der Waals surface area (Å²) in [5.74, 6) is -3.68. The smallest absolute Gasteiger partial charge is 0.460 e. The Morgan fingerprint density at radius 1 is 1.35 bits per heavy atom. The predicted octanol–water partition coefficient (Wildman–Crippen LogP) is -0.0382. The summed E-state index contributed by atoms with van der Waals surface area (Å²) in [6, 6.07) is 0. The molecule has 0 spiro atoms. The molecule has 0 unspecified atom stereocenters. The molecule has 0 saturated carbocycles.